The van der Waals surface area contributed by atoms with E-state index in [1.807, 2.05) is 48.8 Å². The van der Waals surface area contributed by atoms with Crippen LogP contribution >= 0.6 is 0 Å². The Morgan fingerprint density at radius 1 is 0.646 bits per heavy atom. The van der Waals surface area contributed by atoms with Crippen LogP contribution in [-0.4, -0.2) is 89.1 Å². The molecule has 0 radical (unpaired) electrons. The summed E-state index contributed by atoms with van der Waals surface area (Å²) in [4.78, 5) is 56.8. The summed E-state index contributed by atoms with van der Waals surface area (Å²) >= 11 is 0. The van der Waals surface area contributed by atoms with Crippen molar-refractivity contribution < 1.29 is 13.6 Å². The standard InChI is InChI=1S/C61H45F2N15O/c1-33-9-15-42(51-50(23-33)70-59(71-51)56-54-48(74-76-56)18-17-47(68-54)38-24-34(28-64-29-38)32-78-21-5-6-22-78)37-12-16-46(63)44(26-37)45-27-49(39-25-41(31-65-30-39)67-61(79)36-7-3-2-4-8-36)69-55-52(45)75-77-57(55)60-72-53-43(19-20-66-58(53)73-60)35-10-13-40(62)14-11-35/h2-4,7-20,24-31H,5-6,21-23,32H2,1H3,(H,67,79)(H,70,71)(H,74,76)(H,75,77)(H,66,72,73). The number of anilines is 1. The van der Waals surface area contributed by atoms with Gasteiger partial charge in [-0.1, -0.05) is 54.1 Å². The van der Waals surface area contributed by atoms with Gasteiger partial charge in [0, 0.05) is 82.4 Å². The molecule has 1 aliphatic carbocycles. The zero-order chi connectivity index (χ0) is 53.1. The Morgan fingerprint density at radius 3 is 2.28 bits per heavy atom. The van der Waals surface area contributed by atoms with E-state index in [9.17, 15) is 9.18 Å². The number of benzene rings is 3. The van der Waals surface area contributed by atoms with Gasteiger partial charge in [-0.3, -0.25) is 29.9 Å². The van der Waals surface area contributed by atoms with Crippen molar-refractivity contribution in [2.75, 3.05) is 18.4 Å². The van der Waals surface area contributed by atoms with Crippen molar-refractivity contribution in [1.29, 1.82) is 0 Å². The highest BCUT2D eigenvalue weighted by atomic mass is 19.1. The Balaban J connectivity index is 0.866. The number of aromatic amines is 4. The number of H-pyrrole nitrogens is 4. The van der Waals surface area contributed by atoms with Crippen molar-refractivity contribution in [1.82, 2.24) is 70.2 Å². The SMILES string of the molecule is CC1=CC=C(c2ccc(F)c(-c3cc(-c4cncc(NC(=O)c5ccccc5)c4)nc4c(-c5nc6c(-c7ccc(F)cc7)ccnc6[nH]5)n[nH]c34)c2)c2nc(-c3n[nH]c4ccc(-c5cncc(CN6CCCC6)c5)nc34)[nH]c2C1. The second-order valence-electron chi connectivity index (χ2n) is 19.9. The van der Waals surface area contributed by atoms with E-state index in [0.717, 1.165) is 69.9 Å². The number of nitrogens with zero attached hydrogens (tertiary/aromatic N) is 10. The van der Waals surface area contributed by atoms with Gasteiger partial charge in [0.2, 0.25) is 0 Å². The van der Waals surface area contributed by atoms with Crippen LogP contribution < -0.4 is 5.32 Å². The number of halogens is 2. The van der Waals surface area contributed by atoms with Crippen LogP contribution in [0.25, 0.3) is 107 Å². The number of carbonyl (C=O) groups is 1. The summed E-state index contributed by atoms with van der Waals surface area (Å²) in [5.74, 6) is -0.280. The van der Waals surface area contributed by atoms with E-state index >= 15 is 4.39 Å². The van der Waals surface area contributed by atoms with Crippen LogP contribution in [0, 0.1) is 11.6 Å². The highest BCUT2D eigenvalue weighted by Gasteiger charge is 2.26. The van der Waals surface area contributed by atoms with Crippen molar-refractivity contribution in [3.05, 3.63) is 198 Å². The number of hydrogen-bond acceptors (Lipinski definition) is 11. The lowest BCUT2D eigenvalue weighted by molar-refractivity contribution is 0.102. The van der Waals surface area contributed by atoms with Crippen molar-refractivity contribution >= 4 is 50.4 Å². The Kier molecular flexibility index (Phi) is 11.6. The molecule has 5 N–H and O–H groups in total. The van der Waals surface area contributed by atoms with Crippen LogP contribution in [0.15, 0.2) is 158 Å². The molecule has 16 nitrogen and oxygen atoms in total. The number of rotatable bonds is 11. The Bertz CT molecular complexity index is 4430. The number of aromatic nitrogens is 13. The summed E-state index contributed by atoms with van der Waals surface area (Å²) in [7, 11) is 0. The third kappa shape index (κ3) is 8.88. The van der Waals surface area contributed by atoms with E-state index in [-0.39, 0.29) is 17.3 Å². The molecule has 1 saturated heterocycles. The first-order chi connectivity index (χ1) is 38.7. The van der Waals surface area contributed by atoms with E-state index in [0.29, 0.717) is 96.5 Å². The fourth-order valence-corrected chi connectivity index (χ4v) is 10.6. The largest absolute Gasteiger partial charge is 0.340 e. The van der Waals surface area contributed by atoms with Gasteiger partial charge in [-0.05, 0) is 122 Å². The van der Waals surface area contributed by atoms with Gasteiger partial charge in [0.1, 0.15) is 28.2 Å². The molecular weight excluding hydrogens is 997 g/mol. The summed E-state index contributed by atoms with van der Waals surface area (Å²) in [5.41, 5.74) is 15.2. The minimum absolute atomic E-state index is 0.255. The molecule has 0 bridgehead atoms. The van der Waals surface area contributed by atoms with Crippen molar-refractivity contribution in [3.63, 3.8) is 0 Å². The van der Waals surface area contributed by atoms with Crippen LogP contribution in [0.1, 0.15) is 52.6 Å². The monoisotopic (exact) mass is 1040 g/mol. The van der Waals surface area contributed by atoms with Gasteiger partial charge in [-0.15, -0.1) is 0 Å². The maximum absolute atomic E-state index is 17.0. The third-order valence-corrected chi connectivity index (χ3v) is 14.5. The molecule has 1 fully saturated rings. The van der Waals surface area contributed by atoms with E-state index in [2.05, 4.69) is 64.4 Å². The van der Waals surface area contributed by atoms with Crippen LogP contribution in [0.5, 0.6) is 0 Å². The molecule has 0 unspecified atom stereocenters. The van der Waals surface area contributed by atoms with Gasteiger partial charge >= 0.3 is 0 Å². The number of amides is 1. The molecule has 2 aliphatic rings. The number of nitrogens with one attached hydrogen (secondary N) is 5. The third-order valence-electron chi connectivity index (χ3n) is 14.5. The first-order valence-electron chi connectivity index (χ1n) is 25.8. The Labute approximate surface area is 448 Å². The lowest BCUT2D eigenvalue weighted by Crippen LogP contribution is -2.18. The average molecular weight is 1040 g/mol. The highest BCUT2D eigenvalue weighted by molar-refractivity contribution is 6.05. The Morgan fingerprint density at radius 2 is 1.42 bits per heavy atom. The molecule has 12 aromatic rings. The normalized spacial score (nSPS) is 13.7. The molecule has 79 heavy (non-hydrogen) atoms. The molecule has 384 valence electrons. The second kappa shape index (κ2) is 19.4. The summed E-state index contributed by atoms with van der Waals surface area (Å²) < 4.78 is 31.0. The van der Waals surface area contributed by atoms with Gasteiger partial charge < -0.3 is 15.3 Å². The van der Waals surface area contributed by atoms with E-state index in [1.54, 1.807) is 73.2 Å². The van der Waals surface area contributed by atoms with E-state index in [1.165, 1.54) is 31.0 Å². The lowest BCUT2D eigenvalue weighted by Gasteiger charge is -2.14. The predicted molar refractivity (Wildman–Crippen MR) is 299 cm³/mol. The van der Waals surface area contributed by atoms with Crippen LogP contribution in [-0.2, 0) is 13.0 Å². The number of pyridine rings is 5. The van der Waals surface area contributed by atoms with Crippen molar-refractivity contribution in [3.8, 4) is 67.8 Å². The van der Waals surface area contributed by atoms with Gasteiger partial charge in [-0.2, -0.15) is 10.2 Å². The summed E-state index contributed by atoms with van der Waals surface area (Å²) in [6, 6.07) is 31.6. The zero-order valence-corrected chi connectivity index (χ0v) is 42.3. The maximum Gasteiger partial charge on any atom is 0.255 e. The molecule has 10 heterocycles. The van der Waals surface area contributed by atoms with Crippen LogP contribution in [0.3, 0.4) is 0 Å². The molecule has 0 saturated carbocycles. The van der Waals surface area contributed by atoms with Gasteiger partial charge in [0.05, 0.1) is 40.0 Å². The number of imidazole rings is 2. The van der Waals surface area contributed by atoms with E-state index < -0.39 is 5.82 Å². The first kappa shape index (κ1) is 47.3. The van der Waals surface area contributed by atoms with Crippen LogP contribution in [0.4, 0.5) is 14.5 Å². The number of likely N-dealkylation sites (tertiary alicyclic amines) is 1. The molecule has 0 atom stereocenters. The quantitative estimate of drug-likeness (QED) is 0.0822. The number of hydrogen-bond donors (Lipinski definition) is 5. The fraction of sp³-hybridized carbons (Fsp3) is 0.115. The topological polar surface area (TPSA) is 212 Å². The fourth-order valence-electron chi connectivity index (χ4n) is 10.6. The molecular formula is C61H45F2N15O. The summed E-state index contributed by atoms with van der Waals surface area (Å²) in [6.07, 6.45) is 15.7. The minimum atomic E-state index is -0.497. The number of fused-ring (bicyclic) bond motifs is 4. The minimum Gasteiger partial charge on any atom is -0.340 e. The maximum atomic E-state index is 17.0. The molecule has 1 aliphatic heterocycles. The molecule has 9 aromatic heterocycles. The van der Waals surface area contributed by atoms with Gasteiger partial charge in [0.25, 0.3) is 5.91 Å². The van der Waals surface area contributed by atoms with Crippen molar-refractivity contribution in [2.24, 2.45) is 0 Å². The van der Waals surface area contributed by atoms with Crippen molar-refractivity contribution in [2.45, 2.75) is 32.7 Å². The van der Waals surface area contributed by atoms with Gasteiger partial charge in [-0.25, -0.2) is 33.7 Å². The number of allylic oxidation sites excluding steroid dienone is 3. The predicted octanol–water partition coefficient (Wildman–Crippen LogP) is 12.1. The Hall–Kier alpha value is -10.2. The highest BCUT2D eigenvalue weighted by Crippen LogP contribution is 2.40. The molecule has 14 rings (SSSR count). The molecule has 0 spiro atoms. The van der Waals surface area contributed by atoms with Crippen LogP contribution in [0.2, 0.25) is 0 Å². The second-order valence-corrected chi connectivity index (χ2v) is 19.9. The lowest BCUT2D eigenvalue weighted by atomic mass is 9.95. The zero-order valence-electron chi connectivity index (χ0n) is 42.3. The molecule has 3 aromatic carbocycles. The molecule has 18 heteroatoms. The first-order valence-corrected chi connectivity index (χ1v) is 25.8. The summed E-state index contributed by atoms with van der Waals surface area (Å²) in [6.45, 7) is 5.10. The average Bonchev–Trinajstić information content (AvgIpc) is 4.51. The summed E-state index contributed by atoms with van der Waals surface area (Å²) in [5, 5.41) is 18.8. The van der Waals surface area contributed by atoms with Gasteiger partial charge in [0.15, 0.2) is 28.7 Å². The van der Waals surface area contributed by atoms with E-state index in [4.69, 9.17) is 30.1 Å². The molecule has 1 amide bonds. The number of carbonyl (C=O) groups excluding carboxylic acids is 1. The smallest absolute Gasteiger partial charge is 0.255 e.